The summed E-state index contributed by atoms with van der Waals surface area (Å²) in [6.07, 6.45) is 1.80. The molecule has 2 aromatic rings. The third kappa shape index (κ3) is 4.68. The summed E-state index contributed by atoms with van der Waals surface area (Å²) in [5, 5.41) is 0. The molecule has 24 heavy (non-hydrogen) atoms. The van der Waals surface area contributed by atoms with Crippen molar-refractivity contribution in [2.45, 2.75) is 34.3 Å². The van der Waals surface area contributed by atoms with Crippen molar-refractivity contribution in [2.75, 3.05) is 13.6 Å². The highest BCUT2D eigenvalue weighted by atomic mass is 32.1. The lowest BCUT2D eigenvalue weighted by Gasteiger charge is -2.11. The van der Waals surface area contributed by atoms with Crippen molar-refractivity contribution in [2.24, 2.45) is 4.99 Å². The van der Waals surface area contributed by atoms with Crippen molar-refractivity contribution in [1.82, 2.24) is 4.90 Å². The maximum Gasteiger partial charge on any atom is 0.338 e. The van der Waals surface area contributed by atoms with Crippen LogP contribution >= 0.6 is 11.3 Å². The molecule has 1 aromatic carbocycles. The maximum absolute atomic E-state index is 12.4. The van der Waals surface area contributed by atoms with Crippen LogP contribution in [0.4, 0.5) is 5.69 Å². The minimum Gasteiger partial charge on any atom is -0.456 e. The average Bonchev–Trinajstić information content (AvgIpc) is 2.98. The summed E-state index contributed by atoms with van der Waals surface area (Å²) in [4.78, 5) is 21.1. The van der Waals surface area contributed by atoms with Crippen LogP contribution < -0.4 is 0 Å². The zero-order valence-corrected chi connectivity index (χ0v) is 15.7. The highest BCUT2D eigenvalue weighted by Crippen LogP contribution is 2.24. The first kappa shape index (κ1) is 18.2. The van der Waals surface area contributed by atoms with E-state index in [-0.39, 0.29) is 5.97 Å². The van der Waals surface area contributed by atoms with Gasteiger partial charge in [0.15, 0.2) is 0 Å². The van der Waals surface area contributed by atoms with Crippen LogP contribution in [0.2, 0.25) is 0 Å². The van der Waals surface area contributed by atoms with E-state index in [0.29, 0.717) is 12.2 Å². The van der Waals surface area contributed by atoms with E-state index in [2.05, 4.69) is 11.9 Å². The van der Waals surface area contributed by atoms with Crippen LogP contribution in [0.3, 0.4) is 0 Å². The lowest BCUT2D eigenvalue weighted by Crippen LogP contribution is -2.14. The summed E-state index contributed by atoms with van der Waals surface area (Å²) in [6, 6.07) is 7.81. The monoisotopic (exact) mass is 344 g/mol. The van der Waals surface area contributed by atoms with Crippen molar-refractivity contribution in [3.05, 3.63) is 50.7 Å². The van der Waals surface area contributed by atoms with Gasteiger partial charge in [-0.15, -0.1) is 11.3 Å². The van der Waals surface area contributed by atoms with Crippen molar-refractivity contribution in [3.63, 3.8) is 0 Å². The smallest absolute Gasteiger partial charge is 0.338 e. The Balaban J connectivity index is 2.11. The molecule has 0 saturated carbocycles. The van der Waals surface area contributed by atoms with Gasteiger partial charge in [-0.05, 0) is 63.1 Å². The number of rotatable bonds is 6. The van der Waals surface area contributed by atoms with E-state index in [1.54, 1.807) is 17.7 Å². The molecule has 0 N–H and O–H groups in total. The molecule has 4 nitrogen and oxygen atoms in total. The summed E-state index contributed by atoms with van der Waals surface area (Å²) < 4.78 is 5.44. The predicted octanol–water partition coefficient (Wildman–Crippen LogP) is 4.64. The molecule has 0 aliphatic heterocycles. The van der Waals surface area contributed by atoms with Crippen molar-refractivity contribution in [3.8, 4) is 0 Å². The van der Waals surface area contributed by atoms with Crippen LogP contribution in [0.25, 0.3) is 0 Å². The number of ether oxygens (including phenoxy) is 1. The van der Waals surface area contributed by atoms with E-state index in [4.69, 9.17) is 4.74 Å². The molecule has 0 fully saturated rings. The van der Waals surface area contributed by atoms with E-state index < -0.39 is 0 Å². The van der Waals surface area contributed by atoms with Gasteiger partial charge in [0.1, 0.15) is 6.61 Å². The standard InChI is InChI=1S/C19H24N2O2S/c1-6-21(5)12-20-18-10-13(2)17(9-14(18)3)19(22)23-11-16-8-7-15(4)24-16/h7-10,12H,6,11H2,1-5H3. The predicted molar refractivity (Wildman–Crippen MR) is 101 cm³/mol. The molecule has 128 valence electrons. The molecule has 0 aliphatic rings. The Kier molecular flexibility index (Phi) is 6.15. The average molecular weight is 344 g/mol. The molecule has 0 spiro atoms. The molecular weight excluding hydrogens is 320 g/mol. The Bertz CT molecular complexity index is 750. The molecular formula is C19H24N2O2S. The second kappa shape index (κ2) is 8.11. The summed E-state index contributed by atoms with van der Waals surface area (Å²) in [7, 11) is 1.98. The molecule has 0 aliphatic carbocycles. The number of hydrogen-bond acceptors (Lipinski definition) is 4. The van der Waals surface area contributed by atoms with E-state index >= 15 is 0 Å². The fourth-order valence-electron chi connectivity index (χ4n) is 2.18. The number of esters is 1. The molecule has 0 unspecified atom stereocenters. The molecule has 0 radical (unpaired) electrons. The fourth-order valence-corrected chi connectivity index (χ4v) is 2.98. The molecule has 0 saturated heterocycles. The third-order valence-corrected chi connectivity index (χ3v) is 4.77. The van der Waals surface area contributed by atoms with Gasteiger partial charge in [-0.1, -0.05) is 0 Å². The molecule has 5 heteroatoms. The quantitative estimate of drug-likeness (QED) is 0.435. The molecule has 2 rings (SSSR count). The fraction of sp³-hybridized carbons (Fsp3) is 0.368. The Morgan fingerprint density at radius 1 is 1.25 bits per heavy atom. The summed E-state index contributed by atoms with van der Waals surface area (Å²) in [6.45, 7) is 9.19. The van der Waals surface area contributed by atoms with Gasteiger partial charge in [0, 0.05) is 23.3 Å². The van der Waals surface area contributed by atoms with Crippen LogP contribution in [-0.4, -0.2) is 30.8 Å². The SMILES string of the molecule is CCN(C)C=Nc1cc(C)c(C(=O)OCc2ccc(C)s2)cc1C. The van der Waals surface area contributed by atoms with Crippen LogP contribution in [0.15, 0.2) is 29.3 Å². The van der Waals surface area contributed by atoms with Crippen LogP contribution in [0.1, 0.15) is 38.2 Å². The van der Waals surface area contributed by atoms with Crippen molar-refractivity contribution < 1.29 is 9.53 Å². The van der Waals surface area contributed by atoms with Gasteiger partial charge in [-0.3, -0.25) is 0 Å². The molecule has 0 atom stereocenters. The number of nitrogens with zero attached hydrogens (tertiary/aromatic N) is 2. The summed E-state index contributed by atoms with van der Waals surface area (Å²) in [5.74, 6) is -0.289. The lowest BCUT2D eigenvalue weighted by atomic mass is 10.0. The minimum absolute atomic E-state index is 0.289. The first-order valence-corrected chi connectivity index (χ1v) is 8.80. The second-order valence-electron chi connectivity index (χ2n) is 5.86. The number of carbonyl (C=O) groups excluding carboxylic acids is 1. The highest BCUT2D eigenvalue weighted by molar-refractivity contribution is 7.11. The number of benzene rings is 1. The van der Waals surface area contributed by atoms with Crippen LogP contribution in [0.5, 0.6) is 0 Å². The number of carbonyl (C=O) groups is 1. The number of thiophene rings is 1. The van der Waals surface area contributed by atoms with Gasteiger partial charge in [0.2, 0.25) is 0 Å². The molecule has 0 amide bonds. The van der Waals surface area contributed by atoms with Gasteiger partial charge < -0.3 is 9.64 Å². The van der Waals surface area contributed by atoms with E-state index in [9.17, 15) is 4.79 Å². The minimum atomic E-state index is -0.289. The van der Waals surface area contributed by atoms with Gasteiger partial charge in [-0.2, -0.15) is 0 Å². The van der Waals surface area contributed by atoms with Gasteiger partial charge >= 0.3 is 5.97 Å². The Hall–Kier alpha value is -2.14. The first-order chi connectivity index (χ1) is 11.4. The maximum atomic E-state index is 12.4. The van der Waals surface area contributed by atoms with E-state index in [1.165, 1.54) is 4.88 Å². The Morgan fingerprint density at radius 2 is 2.00 bits per heavy atom. The molecule has 0 bridgehead atoms. The van der Waals surface area contributed by atoms with Crippen LogP contribution in [-0.2, 0) is 11.3 Å². The third-order valence-electron chi connectivity index (χ3n) is 3.80. The molecule has 1 heterocycles. The largest absolute Gasteiger partial charge is 0.456 e. The van der Waals surface area contributed by atoms with Crippen molar-refractivity contribution in [1.29, 1.82) is 0 Å². The van der Waals surface area contributed by atoms with Gasteiger partial charge in [0.25, 0.3) is 0 Å². The zero-order chi connectivity index (χ0) is 17.7. The first-order valence-electron chi connectivity index (χ1n) is 7.98. The summed E-state index contributed by atoms with van der Waals surface area (Å²) in [5.41, 5.74) is 3.31. The van der Waals surface area contributed by atoms with E-state index in [1.807, 2.05) is 57.0 Å². The highest BCUT2D eigenvalue weighted by Gasteiger charge is 2.13. The lowest BCUT2D eigenvalue weighted by molar-refractivity contribution is 0.0476. The normalized spacial score (nSPS) is 11.0. The van der Waals surface area contributed by atoms with Gasteiger partial charge in [-0.25, -0.2) is 9.79 Å². The van der Waals surface area contributed by atoms with Gasteiger partial charge in [0.05, 0.1) is 17.6 Å². The zero-order valence-electron chi connectivity index (χ0n) is 14.9. The Labute approximate surface area is 147 Å². The number of aryl methyl sites for hydroxylation is 3. The van der Waals surface area contributed by atoms with E-state index in [0.717, 1.165) is 28.2 Å². The number of aliphatic imine (C=N–C) groups is 1. The number of hydrogen-bond donors (Lipinski definition) is 0. The molecule has 1 aromatic heterocycles. The summed E-state index contributed by atoms with van der Waals surface area (Å²) >= 11 is 1.65. The van der Waals surface area contributed by atoms with Crippen molar-refractivity contribution >= 4 is 29.3 Å². The topological polar surface area (TPSA) is 41.9 Å². The second-order valence-corrected chi connectivity index (χ2v) is 7.23. The van der Waals surface area contributed by atoms with Crippen LogP contribution in [0, 0.1) is 20.8 Å². The Morgan fingerprint density at radius 3 is 2.62 bits per heavy atom.